The highest BCUT2D eigenvalue weighted by atomic mass is 16.8. The van der Waals surface area contributed by atoms with Crippen LogP contribution in [-0.2, 0) is 147 Å². The van der Waals surface area contributed by atoms with Crippen LogP contribution < -0.4 is 20.1 Å². The molecule has 32 heteroatoms. The molecule has 4 saturated heterocycles. The maximum Gasteiger partial charge on any atom is 0.366 e. The van der Waals surface area contributed by atoms with Gasteiger partial charge in [-0.15, -0.1) is 0 Å². The predicted molar refractivity (Wildman–Crippen MR) is 399 cm³/mol. The van der Waals surface area contributed by atoms with E-state index in [-0.39, 0.29) is 45.4 Å². The Morgan fingerprint density at radius 2 is 1.02 bits per heavy atom. The van der Waals surface area contributed by atoms with Gasteiger partial charge in [0.1, 0.15) is 85.2 Å². The van der Waals surface area contributed by atoms with Crippen LogP contribution in [0, 0.1) is 0 Å². The number of aliphatic hydroxyl groups is 1. The Kier molecular flexibility index (Phi) is 32.1. The summed E-state index contributed by atoms with van der Waals surface area (Å²) in [7, 11) is 2.43. The minimum atomic E-state index is -3.08. The molecule has 1 unspecified atom stereocenters. The van der Waals surface area contributed by atoms with E-state index in [4.69, 9.17) is 90.0 Å². The summed E-state index contributed by atoms with van der Waals surface area (Å²) in [5.41, 5.74) is 14.5. The molecular weight excluding hydrogens is 1490 g/mol. The summed E-state index contributed by atoms with van der Waals surface area (Å²) in [6, 6.07) is 48.0. The average Bonchev–Trinajstić information content (AvgIpc) is 0.746. The standard InChI is InChI=1S/C82H97N5O27/c1-48-70(101-42-57-29-19-12-20-30-57)76(102-43-58-31-21-13-22-32-58)77(103-44-59-33-23-14-24-34-59)80(104-48)112-74-68(85-50(3)89)78(108-61-37-35-60(96-8)36-38-61)110-64(46-99-41-56-27-17-11-18-28-56)71(74)111-79-69(94)73(67(86-87-83)63(109-79)45-98-40-55-25-15-10-16-26-55)113-82(81(95)97-9)39-62(105-52(5)91)66(84-49(2)88)75(114-82)72(107-54(7)93)65(106-53(6)92)47-100-51(4)90/h10-38,48,62-80,94H,39-47H2,1-9H3,(H,84,88)(H,85,89)/t48-,62-,63+,64+,65+,66+,67-,68+,69+,70+,71+,72+,73-,74+,75+,76+,77-,78+,79-,80-,82?/m0/s1. The molecule has 6 aromatic carbocycles. The maximum atomic E-state index is 15.3. The number of amides is 2. The molecule has 0 spiro atoms. The van der Waals surface area contributed by atoms with Crippen molar-refractivity contribution in [3.8, 4) is 11.5 Å². The molecule has 4 aliphatic rings. The summed E-state index contributed by atoms with van der Waals surface area (Å²) in [6.45, 7) is 6.41. The van der Waals surface area contributed by atoms with Crippen molar-refractivity contribution in [3.63, 3.8) is 0 Å². The van der Waals surface area contributed by atoms with Crippen LogP contribution in [-0.4, -0.2) is 209 Å². The first-order valence-corrected chi connectivity index (χ1v) is 37.2. The zero-order valence-corrected chi connectivity index (χ0v) is 64.6. The molecule has 0 saturated carbocycles. The molecule has 4 heterocycles. The lowest BCUT2D eigenvalue weighted by Gasteiger charge is -2.53. The van der Waals surface area contributed by atoms with Crippen LogP contribution in [0.5, 0.6) is 11.5 Å². The zero-order valence-electron chi connectivity index (χ0n) is 64.6. The molecule has 6 aromatic rings. The normalized spacial score (nSPS) is 27.8. The summed E-state index contributed by atoms with van der Waals surface area (Å²) in [4.78, 5) is 98.4. The maximum absolute atomic E-state index is 15.3. The van der Waals surface area contributed by atoms with Gasteiger partial charge >= 0.3 is 29.8 Å². The van der Waals surface area contributed by atoms with Gasteiger partial charge in [-0.2, -0.15) is 0 Å². The number of esters is 5. The topological polar surface area (TPSA) is 388 Å². The molecule has 114 heavy (non-hydrogen) atoms. The number of carbonyl (C=O) groups excluding carboxylic acids is 7. The van der Waals surface area contributed by atoms with Crippen LogP contribution in [0.1, 0.15) is 82.7 Å². The molecule has 21 atom stereocenters. The van der Waals surface area contributed by atoms with Crippen molar-refractivity contribution >= 4 is 41.7 Å². The van der Waals surface area contributed by atoms with Crippen LogP contribution in [0.3, 0.4) is 0 Å². The van der Waals surface area contributed by atoms with Crippen molar-refractivity contribution in [1.29, 1.82) is 0 Å². The van der Waals surface area contributed by atoms with Gasteiger partial charge in [0.2, 0.25) is 18.1 Å². The minimum Gasteiger partial charge on any atom is -0.497 e. The molecule has 10 rings (SSSR count). The van der Waals surface area contributed by atoms with E-state index >= 15 is 4.79 Å². The number of benzene rings is 6. The summed E-state index contributed by atoms with van der Waals surface area (Å²) in [6.07, 6.45) is -28.7. The summed E-state index contributed by atoms with van der Waals surface area (Å²) < 4.78 is 124. The summed E-state index contributed by atoms with van der Waals surface area (Å²) in [5, 5.41) is 23.4. The highest BCUT2D eigenvalue weighted by molar-refractivity contribution is 5.79. The summed E-state index contributed by atoms with van der Waals surface area (Å²) in [5.74, 6) is -9.22. The second-order valence-corrected chi connectivity index (χ2v) is 27.5. The SMILES string of the molecule is COC(=O)C1(O[C@@H]2[C@@H](O)[C@H](O[C@H]3[C@H](O[C@@H]4O[C@@H](C)[C@@H](OCc5ccccc5)[C@@H](OCc5ccccc5)[C@@H]4OCc4ccccc4)[C@@H](NC(C)=O)[C@H](Oc4ccc(OC)cc4)O[C@@H]3COCc3ccccc3)O[C@H](COCc3ccccc3)[C@@H]2N=[N+]=[N-])C[C@H](OC(C)=O)[C@@H](NC(C)=O)[C@H]([C@H](OC(C)=O)[C@@H](COC(C)=O)OC(C)=O)O1. The van der Waals surface area contributed by atoms with Gasteiger partial charge in [-0.05, 0) is 64.5 Å². The number of carbonyl (C=O) groups is 7. The van der Waals surface area contributed by atoms with Crippen LogP contribution >= 0.6 is 0 Å². The van der Waals surface area contributed by atoms with E-state index in [1.807, 2.05) is 121 Å². The van der Waals surface area contributed by atoms with Crippen molar-refractivity contribution in [3.05, 3.63) is 214 Å². The number of azide groups is 1. The number of aliphatic hydroxyl groups excluding tert-OH is 1. The number of hydrogen-bond donors (Lipinski definition) is 3. The van der Waals surface area contributed by atoms with Crippen molar-refractivity contribution in [2.24, 2.45) is 5.11 Å². The Hall–Kier alpha value is -10.00. The second-order valence-electron chi connectivity index (χ2n) is 27.5. The molecule has 2 amide bonds. The zero-order chi connectivity index (χ0) is 81.3. The molecule has 32 nitrogen and oxygen atoms in total. The summed E-state index contributed by atoms with van der Waals surface area (Å²) >= 11 is 0. The first-order chi connectivity index (χ1) is 55.0. The fourth-order valence-electron chi connectivity index (χ4n) is 13.9. The van der Waals surface area contributed by atoms with Gasteiger partial charge in [-0.3, -0.25) is 28.8 Å². The largest absolute Gasteiger partial charge is 0.497 e. The van der Waals surface area contributed by atoms with Crippen LogP contribution in [0.25, 0.3) is 10.4 Å². The third kappa shape index (κ3) is 24.1. The monoisotopic (exact) mass is 1580 g/mol. The third-order valence-corrected chi connectivity index (χ3v) is 18.9. The first kappa shape index (κ1) is 86.4. The van der Waals surface area contributed by atoms with Crippen LogP contribution in [0.2, 0.25) is 0 Å². The number of rotatable bonds is 37. The second kappa shape index (κ2) is 42.4. The number of hydrogen-bond acceptors (Lipinski definition) is 28. The predicted octanol–water partition coefficient (Wildman–Crippen LogP) is 7.68. The van der Waals surface area contributed by atoms with Gasteiger partial charge in [0.25, 0.3) is 5.79 Å². The van der Waals surface area contributed by atoms with Crippen LogP contribution in [0.4, 0.5) is 0 Å². The van der Waals surface area contributed by atoms with Gasteiger partial charge in [0.15, 0.2) is 24.8 Å². The van der Waals surface area contributed by atoms with E-state index in [0.29, 0.717) is 11.3 Å². The molecule has 4 fully saturated rings. The van der Waals surface area contributed by atoms with E-state index in [0.717, 1.165) is 64.0 Å². The lowest BCUT2D eigenvalue weighted by Crippen LogP contribution is -2.72. The molecule has 0 aromatic heterocycles. The van der Waals surface area contributed by atoms with Crippen molar-refractivity contribution in [2.75, 3.05) is 34.0 Å². The van der Waals surface area contributed by atoms with Crippen molar-refractivity contribution in [1.82, 2.24) is 10.6 Å². The highest BCUT2D eigenvalue weighted by Crippen LogP contribution is 2.43. The lowest BCUT2D eigenvalue weighted by atomic mass is 9.87. The van der Waals surface area contributed by atoms with Crippen molar-refractivity contribution < 1.29 is 129 Å². The molecule has 612 valence electrons. The Balaban J connectivity index is 1.15. The quantitative estimate of drug-likeness (QED) is 0.0111. The van der Waals surface area contributed by atoms with Gasteiger partial charge in [-0.25, -0.2) is 4.79 Å². The first-order valence-electron chi connectivity index (χ1n) is 37.2. The van der Waals surface area contributed by atoms with E-state index in [2.05, 4.69) is 20.7 Å². The molecule has 0 aliphatic carbocycles. The van der Waals surface area contributed by atoms with Gasteiger partial charge in [0, 0.05) is 46.5 Å². The molecule has 0 radical (unpaired) electrons. The van der Waals surface area contributed by atoms with E-state index in [9.17, 15) is 39.4 Å². The number of nitrogens with one attached hydrogen (secondary N) is 2. The van der Waals surface area contributed by atoms with Crippen molar-refractivity contribution in [2.45, 2.75) is 216 Å². The molecular formula is C82H97N5O27. The Morgan fingerprint density at radius 3 is 1.51 bits per heavy atom. The molecule has 0 bridgehead atoms. The minimum absolute atomic E-state index is 0.0217. The lowest BCUT2D eigenvalue weighted by molar-refractivity contribution is -0.383. The van der Waals surface area contributed by atoms with E-state index in [1.165, 1.54) is 14.0 Å². The fourth-order valence-corrected chi connectivity index (χ4v) is 13.9. The third-order valence-electron chi connectivity index (χ3n) is 18.9. The van der Waals surface area contributed by atoms with Crippen LogP contribution in [0.15, 0.2) is 181 Å². The number of ether oxygens (including phenoxy) is 19. The Labute approximate surface area is 659 Å². The molecule has 3 N–H and O–H groups in total. The Morgan fingerprint density at radius 1 is 0.535 bits per heavy atom. The van der Waals surface area contributed by atoms with Gasteiger partial charge in [-0.1, -0.05) is 157 Å². The fraction of sp³-hybridized carbons (Fsp3) is 0.476. The Bertz CT molecular complexity index is 4100. The van der Waals surface area contributed by atoms with E-state index in [1.54, 1.807) is 61.5 Å². The van der Waals surface area contributed by atoms with E-state index < -0.39 is 190 Å². The highest BCUT2D eigenvalue weighted by Gasteiger charge is 2.63. The smallest absolute Gasteiger partial charge is 0.366 e. The number of methoxy groups -OCH3 is 2. The van der Waals surface area contributed by atoms with Gasteiger partial charge < -0.3 is 106 Å². The molecule has 4 aliphatic heterocycles. The number of nitrogens with zero attached hydrogens (tertiary/aromatic N) is 3. The van der Waals surface area contributed by atoms with Gasteiger partial charge in [0.05, 0.1) is 91.2 Å². The average molecular weight is 1580 g/mol.